The minimum Gasteiger partial charge on any atom is -0.400 e. The number of hydrogen-bond donors (Lipinski definition) is 1. The van der Waals surface area contributed by atoms with E-state index in [0.717, 1.165) is 7.11 Å². The van der Waals surface area contributed by atoms with E-state index < -0.39 is 0 Å². The Morgan fingerprint density at radius 1 is 0.929 bits per heavy atom. The third-order valence-corrected chi connectivity index (χ3v) is 0.940. The van der Waals surface area contributed by atoms with Crippen molar-refractivity contribution in [2.45, 2.75) is 41.0 Å². The van der Waals surface area contributed by atoms with Gasteiger partial charge in [0.2, 0.25) is 0 Å². The molecule has 0 aliphatic rings. The van der Waals surface area contributed by atoms with Crippen LogP contribution in [0.5, 0.6) is 0 Å². The van der Waals surface area contributed by atoms with Crippen molar-refractivity contribution >= 4 is 0 Å². The molecule has 1 aromatic carbocycles. The van der Waals surface area contributed by atoms with E-state index in [1.54, 1.807) is 0 Å². The summed E-state index contributed by atoms with van der Waals surface area (Å²) >= 11 is 0. The quantitative estimate of drug-likeness (QED) is 0.667. The molecule has 0 aliphatic carbocycles. The van der Waals surface area contributed by atoms with Gasteiger partial charge in [-0.25, -0.2) is 0 Å². The molecule has 1 N–H and O–H groups in total. The molecule has 0 spiro atoms. The zero-order chi connectivity index (χ0) is 11.8. The Morgan fingerprint density at radius 2 is 1.21 bits per heavy atom. The van der Waals surface area contributed by atoms with Gasteiger partial charge in [0.1, 0.15) is 0 Å². The first-order chi connectivity index (χ1) is 6.81. The maximum atomic E-state index is 7.00. The molecule has 0 bridgehead atoms. The second-order valence-corrected chi connectivity index (χ2v) is 2.36. The Balaban J connectivity index is -0.000000148. The second-order valence-electron chi connectivity index (χ2n) is 2.36. The lowest BCUT2D eigenvalue weighted by Crippen LogP contribution is -1.62. The Bertz CT molecular complexity index is 147. The van der Waals surface area contributed by atoms with E-state index in [9.17, 15) is 0 Å². The molecule has 0 aromatic heterocycles. The molecule has 0 saturated heterocycles. The molecule has 0 heterocycles. The van der Waals surface area contributed by atoms with Crippen LogP contribution in [-0.2, 0) is 0 Å². The van der Waals surface area contributed by atoms with E-state index in [4.69, 9.17) is 5.11 Å². The van der Waals surface area contributed by atoms with Gasteiger partial charge in [0.05, 0.1) is 0 Å². The van der Waals surface area contributed by atoms with Crippen LogP contribution in [0.1, 0.15) is 39.7 Å². The number of aliphatic hydroxyl groups excluding tert-OH is 1. The lowest BCUT2D eigenvalue weighted by molar-refractivity contribution is 0.399. The zero-order valence-corrected chi connectivity index (χ0v) is 10.5. The normalized spacial score (nSPS) is 6.50. The number of benzene rings is 1. The number of rotatable bonds is 0. The maximum absolute atomic E-state index is 7.00. The smallest absolute Gasteiger partial charge is 0.0319 e. The summed E-state index contributed by atoms with van der Waals surface area (Å²) in [7, 11) is 1.00. The Morgan fingerprint density at radius 3 is 1.36 bits per heavy atom. The van der Waals surface area contributed by atoms with E-state index in [1.165, 1.54) is 12.0 Å². The average Bonchev–Trinajstić information content (AvgIpc) is 2.26. The van der Waals surface area contributed by atoms with Gasteiger partial charge in [-0.15, -0.1) is 0 Å². The van der Waals surface area contributed by atoms with Crippen molar-refractivity contribution in [3.8, 4) is 0 Å². The van der Waals surface area contributed by atoms with Gasteiger partial charge in [-0.2, -0.15) is 0 Å². The van der Waals surface area contributed by atoms with Gasteiger partial charge < -0.3 is 5.11 Å². The van der Waals surface area contributed by atoms with Crippen LogP contribution >= 0.6 is 0 Å². The fourth-order valence-corrected chi connectivity index (χ4v) is 0.534. The molecule has 0 unspecified atom stereocenters. The van der Waals surface area contributed by atoms with Gasteiger partial charge in [-0.05, 0) is 6.92 Å². The van der Waals surface area contributed by atoms with Gasteiger partial charge in [0, 0.05) is 7.11 Å². The lowest BCUT2D eigenvalue weighted by Gasteiger charge is -1.82. The molecule has 1 rings (SSSR count). The van der Waals surface area contributed by atoms with Crippen molar-refractivity contribution in [2.24, 2.45) is 0 Å². The van der Waals surface area contributed by atoms with Crippen LogP contribution in [-0.4, -0.2) is 12.2 Å². The molecule has 1 aromatic rings. The van der Waals surface area contributed by atoms with Gasteiger partial charge in [0.15, 0.2) is 0 Å². The summed E-state index contributed by atoms with van der Waals surface area (Å²) in [6, 6.07) is 10.3. The zero-order valence-electron chi connectivity index (χ0n) is 10.5. The molecule has 0 radical (unpaired) electrons. The third kappa shape index (κ3) is 22.5. The van der Waals surface area contributed by atoms with Crippen LogP contribution in [0.25, 0.3) is 0 Å². The predicted molar refractivity (Wildman–Crippen MR) is 66.6 cm³/mol. The van der Waals surface area contributed by atoms with Gasteiger partial charge in [-0.1, -0.05) is 70.0 Å². The molecule has 84 valence electrons. The first-order valence-electron chi connectivity index (χ1n) is 5.27. The van der Waals surface area contributed by atoms with Crippen LogP contribution in [0.2, 0.25) is 0 Å². The first-order valence-corrected chi connectivity index (χ1v) is 5.27. The van der Waals surface area contributed by atoms with Gasteiger partial charge >= 0.3 is 0 Å². The van der Waals surface area contributed by atoms with E-state index in [1.807, 2.05) is 32.0 Å². The highest BCUT2D eigenvalue weighted by Gasteiger charge is 1.72. The largest absolute Gasteiger partial charge is 0.400 e. The molecular formula is C13H26O. The minimum atomic E-state index is 1.00. The van der Waals surface area contributed by atoms with E-state index in [-0.39, 0.29) is 0 Å². The fourth-order valence-electron chi connectivity index (χ4n) is 0.534. The van der Waals surface area contributed by atoms with Crippen molar-refractivity contribution in [2.75, 3.05) is 7.11 Å². The fraction of sp³-hybridized carbons (Fsp3) is 0.538. The lowest BCUT2D eigenvalue weighted by atomic mass is 10.2. The summed E-state index contributed by atoms with van der Waals surface area (Å²) in [5.74, 6) is 0. The predicted octanol–water partition coefficient (Wildman–Crippen LogP) is 4.05. The van der Waals surface area contributed by atoms with Crippen LogP contribution in [0.15, 0.2) is 30.3 Å². The summed E-state index contributed by atoms with van der Waals surface area (Å²) in [5, 5.41) is 7.00. The third-order valence-electron chi connectivity index (χ3n) is 0.940. The molecular weight excluding hydrogens is 172 g/mol. The van der Waals surface area contributed by atoms with Crippen molar-refractivity contribution in [1.82, 2.24) is 0 Å². The molecule has 0 fully saturated rings. The Labute approximate surface area is 89.8 Å². The number of hydrogen-bond acceptors (Lipinski definition) is 1. The average molecular weight is 198 g/mol. The van der Waals surface area contributed by atoms with Crippen molar-refractivity contribution in [3.63, 3.8) is 0 Å². The monoisotopic (exact) mass is 198 g/mol. The van der Waals surface area contributed by atoms with Crippen LogP contribution < -0.4 is 0 Å². The highest BCUT2D eigenvalue weighted by atomic mass is 16.2. The van der Waals surface area contributed by atoms with Gasteiger partial charge in [0.25, 0.3) is 0 Å². The summed E-state index contributed by atoms with van der Waals surface area (Å²) < 4.78 is 0. The first kappa shape index (κ1) is 18.9. The molecule has 0 saturated carbocycles. The van der Waals surface area contributed by atoms with E-state index in [2.05, 4.69) is 32.9 Å². The topological polar surface area (TPSA) is 20.2 Å². The summed E-state index contributed by atoms with van der Waals surface area (Å²) in [4.78, 5) is 0. The maximum Gasteiger partial charge on any atom is 0.0319 e. The molecule has 0 aliphatic heterocycles. The molecule has 1 heteroatoms. The van der Waals surface area contributed by atoms with Crippen molar-refractivity contribution in [1.29, 1.82) is 0 Å². The van der Waals surface area contributed by atoms with Crippen molar-refractivity contribution < 1.29 is 5.11 Å². The second kappa shape index (κ2) is 22.8. The van der Waals surface area contributed by atoms with E-state index >= 15 is 0 Å². The van der Waals surface area contributed by atoms with E-state index in [0.29, 0.717) is 0 Å². The van der Waals surface area contributed by atoms with Crippen LogP contribution in [0.4, 0.5) is 0 Å². The highest BCUT2D eigenvalue weighted by molar-refractivity contribution is 5.11. The minimum absolute atomic E-state index is 1.00. The van der Waals surface area contributed by atoms with Crippen LogP contribution in [0.3, 0.4) is 0 Å². The summed E-state index contributed by atoms with van der Waals surface area (Å²) in [6.07, 6.45) is 1.25. The summed E-state index contributed by atoms with van der Waals surface area (Å²) in [5.41, 5.74) is 1.32. The van der Waals surface area contributed by atoms with Crippen LogP contribution in [0, 0.1) is 6.92 Å². The Hall–Kier alpha value is -0.820. The highest BCUT2D eigenvalue weighted by Crippen LogP contribution is 1.92. The molecule has 0 amide bonds. The molecule has 0 atom stereocenters. The summed E-state index contributed by atoms with van der Waals surface area (Å²) in [6.45, 7) is 10.3. The number of aryl methyl sites for hydroxylation is 1. The standard InChI is InChI=1S/C7H8.C3H8.C2H6.CH4O/c1-7-5-3-2-4-6-7;1-3-2;2*1-2/h2-6H,1H3;3H2,1-2H3;1-2H3;2H,1H3. The number of aliphatic hydroxyl groups is 1. The Kier molecular flexibility index (Phi) is 30.7. The van der Waals surface area contributed by atoms with Gasteiger partial charge in [-0.3, -0.25) is 0 Å². The molecule has 14 heavy (non-hydrogen) atoms. The van der Waals surface area contributed by atoms with Crippen molar-refractivity contribution in [3.05, 3.63) is 35.9 Å². The SMILES string of the molecule is CC.CCC.CO.Cc1ccccc1. The molecule has 1 nitrogen and oxygen atoms in total.